The van der Waals surface area contributed by atoms with Crippen LogP contribution in [0.3, 0.4) is 0 Å². The zero-order valence-electron chi connectivity index (χ0n) is 18.1. The molecule has 4 aromatic rings. The van der Waals surface area contributed by atoms with Gasteiger partial charge in [0.1, 0.15) is 11.4 Å². The molecule has 4 heterocycles. The molecule has 0 spiro atoms. The fourth-order valence-electron chi connectivity index (χ4n) is 4.16. The van der Waals surface area contributed by atoms with E-state index in [-0.39, 0.29) is 23.9 Å². The number of fused-ring (bicyclic) bond motifs is 1. The van der Waals surface area contributed by atoms with Gasteiger partial charge in [0, 0.05) is 36.6 Å². The third kappa shape index (κ3) is 4.09. The quantitative estimate of drug-likeness (QED) is 0.450. The molecule has 1 saturated heterocycles. The Hall–Kier alpha value is -3.30. The molecule has 5 rings (SSSR count). The predicted molar refractivity (Wildman–Crippen MR) is 131 cm³/mol. The van der Waals surface area contributed by atoms with E-state index < -0.39 is 0 Å². The molecule has 0 radical (unpaired) electrons. The Morgan fingerprint density at radius 3 is 2.42 bits per heavy atom. The summed E-state index contributed by atoms with van der Waals surface area (Å²) >= 11 is 2.91. The molecule has 7 nitrogen and oxygen atoms in total. The van der Waals surface area contributed by atoms with Crippen molar-refractivity contribution in [2.24, 2.45) is 0 Å². The van der Waals surface area contributed by atoms with Crippen molar-refractivity contribution in [2.45, 2.75) is 13.5 Å². The standard InChI is InChI=1S/C24H22N4O3S2/c1-16-20(17-6-3-2-4-7-17)21-22(33-16)25-15-28(24(21)31)14-19(29)26-9-11-27(12-10-26)23(30)18-8-5-13-32-18/h2-8,13,15H,9-12,14H2,1H3. The summed E-state index contributed by atoms with van der Waals surface area (Å²) in [7, 11) is 0. The smallest absolute Gasteiger partial charge is 0.264 e. The Morgan fingerprint density at radius 2 is 1.73 bits per heavy atom. The number of piperazine rings is 1. The maximum Gasteiger partial charge on any atom is 0.264 e. The van der Waals surface area contributed by atoms with Gasteiger partial charge >= 0.3 is 0 Å². The predicted octanol–water partition coefficient (Wildman–Crippen LogP) is 3.48. The van der Waals surface area contributed by atoms with E-state index in [9.17, 15) is 14.4 Å². The molecule has 33 heavy (non-hydrogen) atoms. The summed E-state index contributed by atoms with van der Waals surface area (Å²) in [6, 6.07) is 13.5. The van der Waals surface area contributed by atoms with E-state index in [4.69, 9.17) is 0 Å². The second-order valence-corrected chi connectivity index (χ2v) is 10.1. The van der Waals surface area contributed by atoms with Gasteiger partial charge in [0.15, 0.2) is 0 Å². The highest BCUT2D eigenvalue weighted by Gasteiger charge is 2.26. The fourth-order valence-corrected chi connectivity index (χ4v) is 5.86. The largest absolute Gasteiger partial charge is 0.338 e. The first-order valence-corrected chi connectivity index (χ1v) is 12.4. The normalized spacial score (nSPS) is 14.1. The van der Waals surface area contributed by atoms with Crippen LogP contribution in [-0.4, -0.2) is 57.3 Å². The molecule has 1 aliphatic heterocycles. The third-order valence-corrected chi connectivity index (χ3v) is 7.75. The number of hydrogen-bond acceptors (Lipinski definition) is 6. The minimum atomic E-state index is -0.205. The molecule has 2 amide bonds. The SMILES string of the molecule is Cc1sc2ncn(CC(=O)N3CCN(C(=O)c4cccs4)CC3)c(=O)c2c1-c1ccccc1. The number of carbonyl (C=O) groups excluding carboxylic acids is 2. The monoisotopic (exact) mass is 478 g/mol. The zero-order chi connectivity index (χ0) is 22.9. The molecule has 3 aromatic heterocycles. The van der Waals surface area contributed by atoms with Crippen molar-refractivity contribution in [3.8, 4) is 11.1 Å². The molecule has 0 aliphatic carbocycles. The van der Waals surface area contributed by atoms with E-state index in [1.165, 1.54) is 33.6 Å². The minimum Gasteiger partial charge on any atom is -0.338 e. The first-order chi connectivity index (χ1) is 16.0. The summed E-state index contributed by atoms with van der Waals surface area (Å²) in [5.74, 6) is -0.140. The lowest BCUT2D eigenvalue weighted by Crippen LogP contribution is -2.51. The van der Waals surface area contributed by atoms with Crippen molar-refractivity contribution in [3.63, 3.8) is 0 Å². The topological polar surface area (TPSA) is 75.5 Å². The Kier molecular flexibility index (Phi) is 5.82. The van der Waals surface area contributed by atoms with Crippen molar-refractivity contribution in [2.75, 3.05) is 26.2 Å². The molecular weight excluding hydrogens is 456 g/mol. The molecular formula is C24H22N4O3S2. The molecule has 0 atom stereocenters. The van der Waals surface area contributed by atoms with Gasteiger partial charge in [0.2, 0.25) is 5.91 Å². The van der Waals surface area contributed by atoms with Gasteiger partial charge in [0.25, 0.3) is 11.5 Å². The maximum absolute atomic E-state index is 13.3. The molecule has 0 bridgehead atoms. The molecule has 0 unspecified atom stereocenters. The Morgan fingerprint density at radius 1 is 1.00 bits per heavy atom. The first-order valence-electron chi connectivity index (χ1n) is 10.7. The van der Waals surface area contributed by atoms with E-state index in [2.05, 4.69) is 4.98 Å². The van der Waals surface area contributed by atoms with Crippen LogP contribution in [-0.2, 0) is 11.3 Å². The molecule has 0 saturated carbocycles. The number of nitrogens with zero attached hydrogens (tertiary/aromatic N) is 4. The van der Waals surface area contributed by atoms with E-state index in [0.717, 1.165) is 16.0 Å². The van der Waals surface area contributed by atoms with Crippen LogP contribution >= 0.6 is 22.7 Å². The Bertz CT molecular complexity index is 1370. The van der Waals surface area contributed by atoms with E-state index in [0.29, 0.717) is 41.3 Å². The third-order valence-electron chi connectivity index (χ3n) is 5.87. The summed E-state index contributed by atoms with van der Waals surface area (Å²) < 4.78 is 1.40. The average molecular weight is 479 g/mol. The molecule has 0 N–H and O–H groups in total. The van der Waals surface area contributed by atoms with Gasteiger partial charge < -0.3 is 9.80 Å². The second kappa shape index (κ2) is 8.92. The highest BCUT2D eigenvalue weighted by atomic mass is 32.1. The summed E-state index contributed by atoms with van der Waals surface area (Å²) in [5.41, 5.74) is 1.65. The van der Waals surface area contributed by atoms with E-state index in [1.54, 1.807) is 9.80 Å². The number of aromatic nitrogens is 2. The maximum atomic E-state index is 13.3. The number of benzene rings is 1. The van der Waals surface area contributed by atoms with Crippen LogP contribution in [0, 0.1) is 6.92 Å². The molecule has 1 fully saturated rings. The van der Waals surface area contributed by atoms with E-state index in [1.807, 2.05) is 54.8 Å². The van der Waals surface area contributed by atoms with Gasteiger partial charge in [-0.25, -0.2) is 4.98 Å². The van der Waals surface area contributed by atoms with Gasteiger partial charge in [-0.2, -0.15) is 0 Å². The number of thiophene rings is 2. The van der Waals surface area contributed by atoms with Gasteiger partial charge in [0.05, 0.1) is 16.6 Å². The van der Waals surface area contributed by atoms with Gasteiger partial charge in [-0.3, -0.25) is 19.0 Å². The molecule has 1 aliphatic rings. The van der Waals surface area contributed by atoms with Crippen LogP contribution in [0.2, 0.25) is 0 Å². The molecule has 168 valence electrons. The number of carbonyl (C=O) groups is 2. The summed E-state index contributed by atoms with van der Waals surface area (Å²) in [6.07, 6.45) is 1.46. The Labute approximate surface area is 198 Å². The molecule has 1 aromatic carbocycles. The van der Waals surface area contributed by atoms with Crippen molar-refractivity contribution in [3.05, 3.63) is 74.3 Å². The van der Waals surface area contributed by atoms with Crippen molar-refractivity contribution < 1.29 is 9.59 Å². The minimum absolute atomic E-state index is 0.00393. The summed E-state index contributed by atoms with van der Waals surface area (Å²) in [6.45, 7) is 3.79. The van der Waals surface area contributed by atoms with Gasteiger partial charge in [-0.1, -0.05) is 36.4 Å². The number of rotatable bonds is 4. The van der Waals surface area contributed by atoms with Crippen LogP contribution in [0.25, 0.3) is 21.3 Å². The number of hydrogen-bond donors (Lipinski definition) is 0. The lowest BCUT2D eigenvalue weighted by molar-refractivity contribution is -0.133. The van der Waals surface area contributed by atoms with Crippen LogP contribution < -0.4 is 5.56 Å². The highest BCUT2D eigenvalue weighted by Crippen LogP contribution is 2.35. The lowest BCUT2D eigenvalue weighted by Gasteiger charge is -2.34. The number of aryl methyl sites for hydroxylation is 1. The zero-order valence-corrected chi connectivity index (χ0v) is 19.7. The van der Waals surface area contributed by atoms with Crippen LogP contribution in [0.4, 0.5) is 0 Å². The van der Waals surface area contributed by atoms with Crippen molar-refractivity contribution in [1.82, 2.24) is 19.4 Å². The van der Waals surface area contributed by atoms with Crippen molar-refractivity contribution >= 4 is 44.7 Å². The van der Waals surface area contributed by atoms with Gasteiger partial charge in [-0.15, -0.1) is 22.7 Å². The van der Waals surface area contributed by atoms with Crippen LogP contribution in [0.15, 0.2) is 59.0 Å². The fraction of sp³-hybridized carbons (Fsp3) is 0.250. The Balaban J connectivity index is 1.34. The first kappa shape index (κ1) is 21.5. The van der Waals surface area contributed by atoms with Gasteiger partial charge in [-0.05, 0) is 23.9 Å². The lowest BCUT2D eigenvalue weighted by atomic mass is 10.0. The number of amides is 2. The van der Waals surface area contributed by atoms with Crippen LogP contribution in [0.1, 0.15) is 14.5 Å². The summed E-state index contributed by atoms with van der Waals surface area (Å²) in [5, 5.41) is 2.44. The second-order valence-electron chi connectivity index (χ2n) is 7.91. The average Bonchev–Trinajstić information content (AvgIpc) is 3.49. The van der Waals surface area contributed by atoms with E-state index >= 15 is 0 Å². The highest BCUT2D eigenvalue weighted by molar-refractivity contribution is 7.19. The van der Waals surface area contributed by atoms with Crippen LogP contribution in [0.5, 0.6) is 0 Å². The van der Waals surface area contributed by atoms with Crippen molar-refractivity contribution in [1.29, 1.82) is 0 Å². The summed E-state index contributed by atoms with van der Waals surface area (Å²) in [4.78, 5) is 49.2. The molecule has 9 heteroatoms.